The van der Waals surface area contributed by atoms with Crippen LogP contribution in [0.25, 0.3) is 0 Å². The van der Waals surface area contributed by atoms with E-state index in [9.17, 15) is 18.0 Å². The van der Waals surface area contributed by atoms with E-state index in [-0.39, 0.29) is 14.9 Å². The van der Waals surface area contributed by atoms with Crippen LogP contribution < -0.4 is 10.5 Å². The number of amides is 1. The van der Waals surface area contributed by atoms with E-state index >= 15 is 0 Å². The summed E-state index contributed by atoms with van der Waals surface area (Å²) in [6.45, 7) is 1.29. The Bertz CT molecular complexity index is 629. The predicted octanol–water partition coefficient (Wildman–Crippen LogP) is 0.299. The number of carbonyl (C=O) groups excluding carboxylic acids is 1. The maximum atomic E-state index is 12.0. The molecule has 0 fully saturated rings. The van der Waals surface area contributed by atoms with Gasteiger partial charge in [-0.2, -0.15) is 4.72 Å². The third-order valence-electron chi connectivity index (χ3n) is 2.23. The molecule has 9 heteroatoms. The minimum atomic E-state index is -4.05. The van der Waals surface area contributed by atoms with E-state index in [1.165, 1.54) is 19.1 Å². The van der Waals surface area contributed by atoms with Gasteiger partial charge in [0, 0.05) is 4.47 Å². The molecule has 1 aromatic rings. The predicted molar refractivity (Wildman–Crippen MR) is 70.1 cm³/mol. The zero-order valence-electron chi connectivity index (χ0n) is 9.75. The second kappa shape index (κ2) is 5.68. The molecule has 0 saturated heterocycles. The molecule has 0 heterocycles. The van der Waals surface area contributed by atoms with Crippen molar-refractivity contribution in [2.75, 3.05) is 0 Å². The average molecular weight is 351 g/mol. The quantitative estimate of drug-likeness (QED) is 0.703. The Hall–Kier alpha value is -1.45. The zero-order chi connectivity index (χ0) is 14.8. The molecule has 4 N–H and O–H groups in total. The Morgan fingerprint density at radius 2 is 2.00 bits per heavy atom. The van der Waals surface area contributed by atoms with Crippen molar-refractivity contribution in [1.82, 2.24) is 4.72 Å². The molecule has 1 rings (SSSR count). The van der Waals surface area contributed by atoms with Crippen molar-refractivity contribution in [1.29, 1.82) is 0 Å². The Morgan fingerprint density at radius 3 is 2.47 bits per heavy atom. The topological polar surface area (TPSA) is 127 Å². The maximum absolute atomic E-state index is 12.0. The Morgan fingerprint density at radius 1 is 1.42 bits per heavy atom. The summed E-state index contributed by atoms with van der Waals surface area (Å²) in [5, 5.41) is 8.83. The third kappa shape index (κ3) is 3.75. The number of hydrogen-bond donors (Lipinski definition) is 3. The molecule has 0 aliphatic carbocycles. The van der Waals surface area contributed by atoms with Crippen molar-refractivity contribution < 1.29 is 23.1 Å². The first kappa shape index (κ1) is 15.6. The highest BCUT2D eigenvalue weighted by Crippen LogP contribution is 2.23. The summed E-state index contributed by atoms with van der Waals surface area (Å²) in [4.78, 5) is 21.4. The Labute approximate surface area is 118 Å². The van der Waals surface area contributed by atoms with Gasteiger partial charge >= 0.3 is 5.97 Å². The molecule has 0 aliphatic heterocycles. The van der Waals surface area contributed by atoms with Crippen LogP contribution in [-0.2, 0) is 14.8 Å². The number of carboxylic acids is 1. The molecule has 1 aromatic carbocycles. The van der Waals surface area contributed by atoms with Crippen LogP contribution in [0, 0.1) is 0 Å². The van der Waals surface area contributed by atoms with Crippen LogP contribution >= 0.6 is 15.9 Å². The minimum absolute atomic E-state index is 0.182. The van der Waals surface area contributed by atoms with E-state index in [1.54, 1.807) is 0 Å². The van der Waals surface area contributed by atoms with Gasteiger partial charge in [0.25, 0.3) is 0 Å². The molecule has 7 nitrogen and oxygen atoms in total. The van der Waals surface area contributed by atoms with Gasteiger partial charge in [-0.25, -0.2) is 13.2 Å². The summed E-state index contributed by atoms with van der Waals surface area (Å²) in [5.41, 5.74) is 4.78. The summed E-state index contributed by atoms with van der Waals surface area (Å²) < 4.78 is 26.2. The Kier molecular flexibility index (Phi) is 4.66. The molecular weight excluding hydrogens is 340 g/mol. The SMILES string of the molecule is CC(NS(=O)(=O)c1cc(C(=O)O)ccc1Br)C(N)=O. The molecule has 0 saturated carbocycles. The van der Waals surface area contributed by atoms with Crippen molar-refractivity contribution in [3.8, 4) is 0 Å². The molecule has 0 bridgehead atoms. The standard InChI is InChI=1S/C10H11BrN2O5S/c1-5(9(12)14)13-19(17,18)8-4-6(10(15)16)2-3-7(8)11/h2-5,13H,1H3,(H2,12,14)(H,15,16). The second-order valence-electron chi connectivity index (χ2n) is 3.70. The van der Waals surface area contributed by atoms with Gasteiger partial charge in [-0.05, 0) is 41.1 Å². The first-order valence-electron chi connectivity index (χ1n) is 4.99. The summed E-state index contributed by atoms with van der Waals surface area (Å²) in [7, 11) is -4.05. The first-order valence-corrected chi connectivity index (χ1v) is 7.27. The number of nitrogens with two attached hydrogens (primary N) is 1. The number of hydrogen-bond acceptors (Lipinski definition) is 4. The van der Waals surface area contributed by atoms with Crippen molar-refractivity contribution in [2.45, 2.75) is 17.9 Å². The van der Waals surface area contributed by atoms with Crippen LogP contribution in [0.15, 0.2) is 27.6 Å². The van der Waals surface area contributed by atoms with Gasteiger partial charge in [-0.15, -0.1) is 0 Å². The van der Waals surface area contributed by atoms with Crippen LogP contribution in [0.5, 0.6) is 0 Å². The van der Waals surface area contributed by atoms with Crippen LogP contribution in [0.1, 0.15) is 17.3 Å². The Balaban J connectivity index is 3.24. The lowest BCUT2D eigenvalue weighted by Crippen LogP contribution is -2.42. The summed E-state index contributed by atoms with van der Waals surface area (Å²) in [5.74, 6) is -2.10. The highest BCUT2D eigenvalue weighted by atomic mass is 79.9. The summed E-state index contributed by atoms with van der Waals surface area (Å²) in [6.07, 6.45) is 0. The number of sulfonamides is 1. The van der Waals surface area contributed by atoms with E-state index in [0.717, 1.165) is 6.07 Å². The van der Waals surface area contributed by atoms with Crippen LogP contribution in [0.4, 0.5) is 0 Å². The minimum Gasteiger partial charge on any atom is -0.478 e. The number of aromatic carboxylic acids is 1. The summed E-state index contributed by atoms with van der Waals surface area (Å²) >= 11 is 3.01. The van der Waals surface area contributed by atoms with Crippen molar-refractivity contribution in [3.63, 3.8) is 0 Å². The smallest absolute Gasteiger partial charge is 0.335 e. The van der Waals surface area contributed by atoms with Crippen molar-refractivity contribution in [3.05, 3.63) is 28.2 Å². The molecular formula is C10H11BrN2O5S. The summed E-state index contributed by atoms with van der Waals surface area (Å²) in [6, 6.07) is 2.43. The van der Waals surface area contributed by atoms with Gasteiger partial charge in [-0.1, -0.05) is 0 Å². The van der Waals surface area contributed by atoms with E-state index in [1.807, 2.05) is 0 Å². The number of nitrogens with one attached hydrogen (secondary N) is 1. The number of primary amides is 1. The first-order chi connectivity index (χ1) is 8.65. The molecule has 0 aliphatic rings. The van der Waals surface area contributed by atoms with Gasteiger partial charge in [0.05, 0.1) is 16.5 Å². The third-order valence-corrected chi connectivity index (χ3v) is 4.76. The highest BCUT2D eigenvalue weighted by molar-refractivity contribution is 9.10. The van der Waals surface area contributed by atoms with Gasteiger partial charge in [0.1, 0.15) is 0 Å². The van der Waals surface area contributed by atoms with Gasteiger partial charge in [-0.3, -0.25) is 4.79 Å². The fraction of sp³-hybridized carbons (Fsp3) is 0.200. The van der Waals surface area contributed by atoms with E-state index in [4.69, 9.17) is 10.8 Å². The van der Waals surface area contributed by atoms with Gasteiger partial charge in [0.15, 0.2) is 0 Å². The zero-order valence-corrected chi connectivity index (χ0v) is 12.2. The van der Waals surface area contributed by atoms with Crippen LogP contribution in [-0.4, -0.2) is 31.4 Å². The van der Waals surface area contributed by atoms with Crippen LogP contribution in [0.3, 0.4) is 0 Å². The van der Waals surface area contributed by atoms with E-state index < -0.39 is 27.9 Å². The normalized spacial score (nSPS) is 12.9. The highest BCUT2D eigenvalue weighted by Gasteiger charge is 2.23. The molecule has 0 spiro atoms. The molecule has 0 radical (unpaired) electrons. The maximum Gasteiger partial charge on any atom is 0.335 e. The lowest BCUT2D eigenvalue weighted by molar-refractivity contribution is -0.119. The number of rotatable bonds is 5. The largest absolute Gasteiger partial charge is 0.478 e. The molecule has 1 amide bonds. The number of carbonyl (C=O) groups is 2. The fourth-order valence-electron chi connectivity index (χ4n) is 1.20. The number of carboxylic acid groups (broad SMARTS) is 1. The van der Waals surface area contributed by atoms with E-state index in [0.29, 0.717) is 0 Å². The van der Waals surface area contributed by atoms with Gasteiger partial charge < -0.3 is 10.8 Å². The number of benzene rings is 1. The molecule has 104 valence electrons. The molecule has 1 unspecified atom stereocenters. The molecule has 1 atom stereocenters. The average Bonchev–Trinajstić information content (AvgIpc) is 2.28. The van der Waals surface area contributed by atoms with Crippen LogP contribution in [0.2, 0.25) is 0 Å². The molecule has 0 aromatic heterocycles. The van der Waals surface area contributed by atoms with Crippen molar-refractivity contribution >= 4 is 37.8 Å². The van der Waals surface area contributed by atoms with E-state index in [2.05, 4.69) is 20.7 Å². The lowest BCUT2D eigenvalue weighted by Gasteiger charge is -2.12. The lowest BCUT2D eigenvalue weighted by atomic mass is 10.2. The fourth-order valence-corrected chi connectivity index (χ4v) is 3.40. The number of halogens is 1. The van der Waals surface area contributed by atoms with Crippen molar-refractivity contribution in [2.24, 2.45) is 5.73 Å². The molecule has 19 heavy (non-hydrogen) atoms. The second-order valence-corrected chi connectivity index (χ2v) is 6.23. The van der Waals surface area contributed by atoms with Gasteiger partial charge in [0.2, 0.25) is 15.9 Å². The monoisotopic (exact) mass is 350 g/mol.